The van der Waals surface area contributed by atoms with Crippen LogP contribution in [0.25, 0.3) is 0 Å². The number of urea groups is 1. The number of thiophene rings is 1. The molecule has 0 aliphatic heterocycles. The first-order chi connectivity index (χ1) is 10.5. The van der Waals surface area contributed by atoms with Crippen molar-refractivity contribution in [3.8, 4) is 0 Å². The van der Waals surface area contributed by atoms with Crippen molar-refractivity contribution in [3.05, 3.63) is 52.0 Å². The first-order valence-corrected chi connectivity index (χ1v) is 8.28. The summed E-state index contributed by atoms with van der Waals surface area (Å²) < 4.78 is 0. The van der Waals surface area contributed by atoms with Gasteiger partial charge in [-0.25, -0.2) is 4.79 Å². The summed E-state index contributed by atoms with van der Waals surface area (Å²) in [6.07, 6.45) is 2.61. The molecule has 0 saturated heterocycles. The maximum Gasteiger partial charge on any atom is 0.317 e. The number of rotatable bonds is 5. The largest absolute Gasteiger partial charge is 0.335 e. The summed E-state index contributed by atoms with van der Waals surface area (Å²) in [5.74, 6) is 0. The third kappa shape index (κ3) is 4.31. The van der Waals surface area contributed by atoms with E-state index in [1.54, 1.807) is 29.5 Å². The number of hydrogen-bond acceptors (Lipinski definition) is 3. The predicted molar refractivity (Wildman–Crippen MR) is 91.2 cm³/mol. The van der Waals surface area contributed by atoms with E-state index in [0.29, 0.717) is 0 Å². The van der Waals surface area contributed by atoms with Gasteiger partial charge in [0.25, 0.3) is 0 Å². The Morgan fingerprint density at radius 2 is 2.09 bits per heavy atom. The lowest BCUT2D eigenvalue weighted by molar-refractivity contribution is 0.190. The van der Waals surface area contributed by atoms with Crippen molar-refractivity contribution in [1.82, 2.24) is 15.2 Å². The summed E-state index contributed by atoms with van der Waals surface area (Å²) in [6.45, 7) is 6.11. The average Bonchev–Trinajstić information content (AvgIpc) is 2.91. The summed E-state index contributed by atoms with van der Waals surface area (Å²) >= 11 is 1.78. The maximum absolute atomic E-state index is 12.4. The number of carbonyl (C=O) groups is 1. The molecule has 2 rings (SSSR count). The standard InChI is InChI=1S/C17H23N3OS/c1-12(11-15-9-8-13(2)22-15)19-17(21)20(4)14(3)16-7-5-6-10-18-16/h5-10,12,14H,11H2,1-4H3,(H,19,21)/t12-,14+/m1/s1. The first-order valence-electron chi connectivity index (χ1n) is 7.47. The van der Waals surface area contributed by atoms with Crippen molar-refractivity contribution in [2.75, 3.05) is 7.05 Å². The van der Waals surface area contributed by atoms with Gasteiger partial charge in [0.1, 0.15) is 0 Å². The molecule has 5 heteroatoms. The number of pyridine rings is 1. The van der Waals surface area contributed by atoms with Crippen LogP contribution in [0.15, 0.2) is 36.5 Å². The van der Waals surface area contributed by atoms with Crippen LogP contribution in [0.5, 0.6) is 0 Å². The van der Waals surface area contributed by atoms with Gasteiger partial charge >= 0.3 is 6.03 Å². The van der Waals surface area contributed by atoms with E-state index >= 15 is 0 Å². The molecule has 0 spiro atoms. The predicted octanol–water partition coefficient (Wildman–Crippen LogP) is 3.79. The average molecular weight is 317 g/mol. The number of aromatic nitrogens is 1. The zero-order valence-electron chi connectivity index (χ0n) is 13.5. The molecule has 118 valence electrons. The van der Waals surface area contributed by atoms with Crippen LogP contribution < -0.4 is 5.32 Å². The summed E-state index contributed by atoms with van der Waals surface area (Å²) in [5.41, 5.74) is 0.890. The highest BCUT2D eigenvalue weighted by Crippen LogP contribution is 2.18. The molecule has 0 radical (unpaired) electrons. The molecule has 0 fully saturated rings. The third-order valence-corrected chi connectivity index (χ3v) is 4.71. The quantitative estimate of drug-likeness (QED) is 0.912. The molecule has 0 saturated carbocycles. The van der Waals surface area contributed by atoms with Gasteiger partial charge in [-0.2, -0.15) is 0 Å². The lowest BCUT2D eigenvalue weighted by Crippen LogP contribution is -2.43. The van der Waals surface area contributed by atoms with Crippen LogP contribution in [-0.4, -0.2) is 29.0 Å². The van der Waals surface area contributed by atoms with Crippen molar-refractivity contribution >= 4 is 17.4 Å². The lowest BCUT2D eigenvalue weighted by Gasteiger charge is -2.26. The molecular formula is C17H23N3OS. The summed E-state index contributed by atoms with van der Waals surface area (Å²) in [4.78, 5) is 21.0. The van der Waals surface area contributed by atoms with E-state index in [2.05, 4.69) is 29.4 Å². The Balaban J connectivity index is 1.90. The minimum atomic E-state index is -0.0704. The van der Waals surface area contributed by atoms with Gasteiger partial charge in [-0.3, -0.25) is 4.98 Å². The first kappa shape index (κ1) is 16.5. The van der Waals surface area contributed by atoms with Crippen molar-refractivity contribution in [3.63, 3.8) is 0 Å². The molecule has 2 amide bonds. The molecule has 0 aliphatic carbocycles. The van der Waals surface area contributed by atoms with Crippen LogP contribution in [0.4, 0.5) is 4.79 Å². The molecule has 0 unspecified atom stereocenters. The van der Waals surface area contributed by atoms with Crippen LogP contribution in [0.3, 0.4) is 0 Å². The van der Waals surface area contributed by atoms with Gasteiger partial charge in [-0.15, -0.1) is 11.3 Å². The SMILES string of the molecule is Cc1ccc(C[C@@H](C)NC(=O)N(C)[C@@H](C)c2ccccn2)s1. The second kappa shape index (κ2) is 7.40. The molecule has 2 atom stereocenters. The molecule has 2 heterocycles. The summed E-state index contributed by atoms with van der Waals surface area (Å²) in [5, 5.41) is 3.05. The van der Waals surface area contributed by atoms with Gasteiger partial charge in [0.15, 0.2) is 0 Å². The third-order valence-electron chi connectivity index (χ3n) is 3.69. The van der Waals surface area contributed by atoms with E-state index in [4.69, 9.17) is 0 Å². The van der Waals surface area contributed by atoms with Crippen LogP contribution in [0.2, 0.25) is 0 Å². The highest BCUT2D eigenvalue weighted by atomic mass is 32.1. The molecule has 22 heavy (non-hydrogen) atoms. The number of nitrogens with one attached hydrogen (secondary N) is 1. The Morgan fingerprint density at radius 3 is 2.68 bits per heavy atom. The second-order valence-corrected chi connectivity index (χ2v) is 6.98. The molecule has 1 N–H and O–H groups in total. The minimum Gasteiger partial charge on any atom is -0.335 e. The zero-order valence-corrected chi connectivity index (χ0v) is 14.4. The van der Waals surface area contributed by atoms with Gasteiger partial charge in [0.05, 0.1) is 11.7 Å². The molecule has 0 aromatic carbocycles. The fraction of sp³-hybridized carbons (Fsp3) is 0.412. The van der Waals surface area contributed by atoms with E-state index < -0.39 is 0 Å². The smallest absolute Gasteiger partial charge is 0.317 e. The molecule has 0 bridgehead atoms. The van der Waals surface area contributed by atoms with Gasteiger partial charge in [-0.1, -0.05) is 6.07 Å². The Kier molecular flexibility index (Phi) is 5.55. The number of aryl methyl sites for hydroxylation is 1. The fourth-order valence-electron chi connectivity index (χ4n) is 2.26. The molecule has 2 aromatic rings. The summed E-state index contributed by atoms with van der Waals surface area (Å²) in [6, 6.07) is 9.97. The van der Waals surface area contributed by atoms with E-state index in [1.165, 1.54) is 9.75 Å². The van der Waals surface area contributed by atoms with E-state index in [-0.39, 0.29) is 18.1 Å². The van der Waals surface area contributed by atoms with E-state index in [0.717, 1.165) is 12.1 Å². The highest BCUT2D eigenvalue weighted by Gasteiger charge is 2.19. The van der Waals surface area contributed by atoms with Crippen molar-refractivity contribution < 1.29 is 4.79 Å². The van der Waals surface area contributed by atoms with Gasteiger partial charge in [0, 0.05) is 35.5 Å². The van der Waals surface area contributed by atoms with E-state index in [1.807, 2.05) is 32.0 Å². The lowest BCUT2D eigenvalue weighted by atomic mass is 10.2. The van der Waals surface area contributed by atoms with Gasteiger partial charge < -0.3 is 10.2 Å². The Morgan fingerprint density at radius 1 is 1.32 bits per heavy atom. The van der Waals surface area contributed by atoms with Gasteiger partial charge in [-0.05, 0) is 45.0 Å². The number of carbonyl (C=O) groups excluding carboxylic acids is 1. The molecule has 2 aromatic heterocycles. The van der Waals surface area contributed by atoms with Crippen LogP contribution in [0.1, 0.15) is 35.3 Å². The minimum absolute atomic E-state index is 0.0580. The number of nitrogens with zero attached hydrogens (tertiary/aromatic N) is 2. The van der Waals surface area contributed by atoms with Crippen molar-refractivity contribution in [2.45, 2.75) is 39.3 Å². The zero-order chi connectivity index (χ0) is 16.1. The highest BCUT2D eigenvalue weighted by molar-refractivity contribution is 7.11. The second-order valence-electron chi connectivity index (χ2n) is 5.61. The topological polar surface area (TPSA) is 45.2 Å². The van der Waals surface area contributed by atoms with Gasteiger partial charge in [0.2, 0.25) is 0 Å². The number of hydrogen-bond donors (Lipinski definition) is 1. The number of amides is 2. The Hall–Kier alpha value is -1.88. The van der Waals surface area contributed by atoms with Crippen LogP contribution >= 0.6 is 11.3 Å². The molecule has 0 aliphatic rings. The molecular weight excluding hydrogens is 294 g/mol. The monoisotopic (exact) mass is 317 g/mol. The van der Waals surface area contributed by atoms with Crippen molar-refractivity contribution in [1.29, 1.82) is 0 Å². The fourth-order valence-corrected chi connectivity index (χ4v) is 3.28. The van der Waals surface area contributed by atoms with Crippen LogP contribution in [-0.2, 0) is 6.42 Å². The normalized spacial score (nSPS) is 13.5. The maximum atomic E-state index is 12.4. The van der Waals surface area contributed by atoms with Crippen LogP contribution in [0, 0.1) is 6.92 Å². The Bertz CT molecular complexity index is 611. The summed E-state index contributed by atoms with van der Waals surface area (Å²) in [7, 11) is 1.80. The van der Waals surface area contributed by atoms with E-state index in [9.17, 15) is 4.79 Å². The molecule has 4 nitrogen and oxygen atoms in total. The Labute approximate surface area is 136 Å². The van der Waals surface area contributed by atoms with Crippen molar-refractivity contribution in [2.24, 2.45) is 0 Å².